The summed E-state index contributed by atoms with van der Waals surface area (Å²) in [5.74, 6) is 0.634. The first-order valence-electron chi connectivity index (χ1n) is 6.50. The molecule has 1 aromatic heterocycles. The Morgan fingerprint density at radius 3 is 2.39 bits per heavy atom. The molecule has 1 unspecified atom stereocenters. The van der Waals surface area contributed by atoms with Crippen LogP contribution in [0.1, 0.15) is 32.5 Å². The van der Waals surface area contributed by atoms with Crippen molar-refractivity contribution < 1.29 is 0 Å². The fraction of sp³-hybridized carbons (Fsp3) is 0.769. The van der Waals surface area contributed by atoms with E-state index in [1.165, 1.54) is 0 Å². The summed E-state index contributed by atoms with van der Waals surface area (Å²) in [6.45, 7) is 9.55. The Kier molecular flexibility index (Phi) is 6.05. The maximum absolute atomic E-state index is 5.87. The molecule has 2 N–H and O–H groups in total. The Balaban J connectivity index is 2.73. The summed E-state index contributed by atoms with van der Waals surface area (Å²) < 4.78 is 0. The maximum atomic E-state index is 5.87. The Bertz CT molecular complexity index is 347. The van der Waals surface area contributed by atoms with Crippen LogP contribution in [-0.2, 0) is 0 Å². The molecule has 0 spiro atoms. The molecule has 0 radical (unpaired) electrons. The molecule has 0 amide bonds. The molecular formula is C13H26N4S. The van der Waals surface area contributed by atoms with E-state index in [0.29, 0.717) is 5.92 Å². The van der Waals surface area contributed by atoms with Crippen molar-refractivity contribution in [1.29, 1.82) is 0 Å². The summed E-state index contributed by atoms with van der Waals surface area (Å²) in [5, 5.41) is 3.17. The van der Waals surface area contributed by atoms with Crippen LogP contribution in [0.25, 0.3) is 0 Å². The third kappa shape index (κ3) is 4.92. The molecule has 1 atom stereocenters. The number of rotatable bonds is 7. The van der Waals surface area contributed by atoms with E-state index in [-0.39, 0.29) is 6.04 Å². The van der Waals surface area contributed by atoms with Crippen LogP contribution in [0.15, 0.2) is 5.38 Å². The zero-order chi connectivity index (χ0) is 13.7. The van der Waals surface area contributed by atoms with Gasteiger partial charge in [-0.2, -0.15) is 0 Å². The summed E-state index contributed by atoms with van der Waals surface area (Å²) in [7, 11) is 4.20. The van der Waals surface area contributed by atoms with Gasteiger partial charge in [0.15, 0.2) is 5.13 Å². The van der Waals surface area contributed by atoms with Gasteiger partial charge in [-0.3, -0.25) is 0 Å². The fourth-order valence-corrected chi connectivity index (χ4v) is 2.62. The van der Waals surface area contributed by atoms with Gasteiger partial charge in [0.1, 0.15) is 0 Å². The van der Waals surface area contributed by atoms with Crippen molar-refractivity contribution in [2.45, 2.75) is 26.8 Å². The molecule has 0 fully saturated rings. The molecular weight excluding hydrogens is 244 g/mol. The molecule has 0 aliphatic rings. The van der Waals surface area contributed by atoms with Gasteiger partial charge in [-0.25, -0.2) is 4.98 Å². The number of nitrogens with zero attached hydrogens (tertiary/aromatic N) is 3. The SMILES string of the molecule is CC(C)CN(CCN(C)C)c1nc(C(C)N)cs1. The standard InChI is InChI=1S/C13H26N4S/c1-10(2)8-17(7-6-16(4)5)13-15-12(9-18-13)11(3)14/h9-11H,6-8,14H2,1-5H3. The summed E-state index contributed by atoms with van der Waals surface area (Å²) in [5.41, 5.74) is 6.86. The third-order valence-electron chi connectivity index (χ3n) is 2.65. The minimum absolute atomic E-state index is 0.0183. The molecule has 0 saturated heterocycles. The van der Waals surface area contributed by atoms with Crippen molar-refractivity contribution >= 4 is 16.5 Å². The van der Waals surface area contributed by atoms with Gasteiger partial charge < -0.3 is 15.5 Å². The summed E-state index contributed by atoms with van der Waals surface area (Å²) in [6.07, 6.45) is 0. The van der Waals surface area contributed by atoms with Gasteiger partial charge in [0.25, 0.3) is 0 Å². The first-order chi connectivity index (χ1) is 8.40. The lowest BCUT2D eigenvalue weighted by Gasteiger charge is -2.25. The van der Waals surface area contributed by atoms with Crippen LogP contribution >= 0.6 is 11.3 Å². The second kappa shape index (κ2) is 7.07. The van der Waals surface area contributed by atoms with Crippen LogP contribution in [0.4, 0.5) is 5.13 Å². The lowest BCUT2D eigenvalue weighted by Crippen LogP contribution is -2.34. The van der Waals surface area contributed by atoms with E-state index in [2.05, 4.69) is 48.1 Å². The van der Waals surface area contributed by atoms with Crippen molar-refractivity contribution in [1.82, 2.24) is 9.88 Å². The predicted octanol–water partition coefficient (Wildman–Crippen LogP) is 2.19. The van der Waals surface area contributed by atoms with Gasteiger partial charge in [-0.15, -0.1) is 11.3 Å². The quantitative estimate of drug-likeness (QED) is 0.825. The molecule has 4 nitrogen and oxygen atoms in total. The van der Waals surface area contributed by atoms with Crippen molar-refractivity contribution in [3.8, 4) is 0 Å². The Morgan fingerprint density at radius 2 is 1.94 bits per heavy atom. The van der Waals surface area contributed by atoms with Gasteiger partial charge in [-0.1, -0.05) is 13.8 Å². The van der Waals surface area contributed by atoms with Crippen molar-refractivity contribution in [2.75, 3.05) is 38.6 Å². The maximum Gasteiger partial charge on any atom is 0.185 e. The Morgan fingerprint density at radius 1 is 1.28 bits per heavy atom. The fourth-order valence-electron chi connectivity index (χ4n) is 1.66. The molecule has 0 aromatic carbocycles. The summed E-state index contributed by atoms with van der Waals surface area (Å²) in [6, 6.07) is 0.0183. The first-order valence-corrected chi connectivity index (χ1v) is 7.38. The molecule has 104 valence electrons. The highest BCUT2D eigenvalue weighted by atomic mass is 32.1. The highest BCUT2D eigenvalue weighted by Gasteiger charge is 2.14. The van der Waals surface area contributed by atoms with Gasteiger partial charge in [-0.05, 0) is 26.9 Å². The molecule has 5 heteroatoms. The molecule has 1 aromatic rings. The number of aromatic nitrogens is 1. The van der Waals surface area contributed by atoms with Crippen LogP contribution in [0.5, 0.6) is 0 Å². The number of thiazole rings is 1. The van der Waals surface area contributed by atoms with Gasteiger partial charge in [0.05, 0.1) is 5.69 Å². The van der Waals surface area contributed by atoms with Gasteiger partial charge >= 0.3 is 0 Å². The van der Waals surface area contributed by atoms with Gasteiger partial charge in [0, 0.05) is 31.1 Å². The molecule has 0 bridgehead atoms. The third-order valence-corrected chi connectivity index (χ3v) is 3.57. The zero-order valence-corrected chi connectivity index (χ0v) is 13.0. The Hall–Kier alpha value is -0.650. The van der Waals surface area contributed by atoms with Crippen molar-refractivity contribution in [2.24, 2.45) is 11.7 Å². The van der Waals surface area contributed by atoms with E-state index >= 15 is 0 Å². The molecule has 0 aliphatic heterocycles. The van der Waals surface area contributed by atoms with Crippen LogP contribution in [0.2, 0.25) is 0 Å². The van der Waals surface area contributed by atoms with Crippen molar-refractivity contribution in [3.05, 3.63) is 11.1 Å². The minimum Gasteiger partial charge on any atom is -0.347 e. The van der Waals surface area contributed by atoms with E-state index in [9.17, 15) is 0 Å². The van der Waals surface area contributed by atoms with Crippen LogP contribution in [-0.4, -0.2) is 43.6 Å². The zero-order valence-electron chi connectivity index (χ0n) is 12.2. The molecule has 0 saturated carbocycles. The lowest BCUT2D eigenvalue weighted by atomic mass is 10.2. The van der Waals surface area contributed by atoms with Gasteiger partial charge in [0.2, 0.25) is 0 Å². The Labute approximate surface area is 115 Å². The number of hydrogen-bond donors (Lipinski definition) is 1. The normalized spacial score (nSPS) is 13.3. The smallest absolute Gasteiger partial charge is 0.185 e. The molecule has 0 aliphatic carbocycles. The second-order valence-corrected chi connectivity index (χ2v) is 6.32. The number of anilines is 1. The average molecular weight is 270 g/mol. The average Bonchev–Trinajstić information content (AvgIpc) is 2.72. The second-order valence-electron chi connectivity index (χ2n) is 5.49. The van der Waals surface area contributed by atoms with E-state index in [0.717, 1.165) is 30.5 Å². The lowest BCUT2D eigenvalue weighted by molar-refractivity contribution is 0.409. The monoisotopic (exact) mass is 270 g/mol. The predicted molar refractivity (Wildman–Crippen MR) is 80.3 cm³/mol. The van der Waals surface area contributed by atoms with Crippen LogP contribution < -0.4 is 10.6 Å². The first kappa shape index (κ1) is 15.4. The number of hydrogen-bond acceptors (Lipinski definition) is 5. The number of nitrogens with two attached hydrogens (primary N) is 1. The minimum atomic E-state index is 0.0183. The van der Waals surface area contributed by atoms with E-state index in [1.54, 1.807) is 11.3 Å². The molecule has 1 heterocycles. The summed E-state index contributed by atoms with van der Waals surface area (Å²) >= 11 is 1.70. The molecule has 1 rings (SSSR count). The summed E-state index contributed by atoms with van der Waals surface area (Å²) in [4.78, 5) is 9.21. The topological polar surface area (TPSA) is 45.4 Å². The largest absolute Gasteiger partial charge is 0.347 e. The highest BCUT2D eigenvalue weighted by molar-refractivity contribution is 7.13. The molecule has 18 heavy (non-hydrogen) atoms. The van der Waals surface area contributed by atoms with Crippen LogP contribution in [0, 0.1) is 5.92 Å². The van der Waals surface area contributed by atoms with Crippen molar-refractivity contribution in [3.63, 3.8) is 0 Å². The van der Waals surface area contributed by atoms with E-state index in [1.807, 2.05) is 6.92 Å². The highest BCUT2D eigenvalue weighted by Crippen LogP contribution is 2.23. The van der Waals surface area contributed by atoms with E-state index < -0.39 is 0 Å². The van der Waals surface area contributed by atoms with E-state index in [4.69, 9.17) is 5.73 Å². The van der Waals surface area contributed by atoms with Crippen LogP contribution in [0.3, 0.4) is 0 Å². The number of likely N-dealkylation sites (N-methyl/N-ethyl adjacent to an activating group) is 1.